The molecule has 206 valence electrons. The van der Waals surface area contributed by atoms with Crippen molar-refractivity contribution in [3.8, 4) is 0 Å². The van der Waals surface area contributed by atoms with Crippen LogP contribution in [0.15, 0.2) is 59.5 Å². The van der Waals surface area contributed by atoms with E-state index >= 15 is 0 Å². The van der Waals surface area contributed by atoms with Gasteiger partial charge in [0.2, 0.25) is 10.0 Å². The highest BCUT2D eigenvalue weighted by atomic mass is 32.2. The lowest BCUT2D eigenvalue weighted by Gasteiger charge is -2.23. The number of hydrogen-bond donors (Lipinski definition) is 2. The fraction of sp³-hybridized carbons (Fsp3) is 0.567. The molecule has 0 aliphatic rings. The van der Waals surface area contributed by atoms with Crippen molar-refractivity contribution < 1.29 is 23.1 Å². The van der Waals surface area contributed by atoms with Crippen LogP contribution >= 0.6 is 0 Å². The molecule has 2 rings (SSSR count). The van der Waals surface area contributed by atoms with Crippen LogP contribution in [0.5, 0.6) is 0 Å². The van der Waals surface area contributed by atoms with E-state index in [0.29, 0.717) is 12.0 Å². The number of benzene rings is 2. The first-order valence-electron chi connectivity index (χ1n) is 13.8. The lowest BCUT2D eigenvalue weighted by atomic mass is 10.0. The first kappa shape index (κ1) is 31.0. The summed E-state index contributed by atoms with van der Waals surface area (Å²) in [6.45, 7) is 4.29. The van der Waals surface area contributed by atoms with Gasteiger partial charge in [-0.05, 0) is 31.0 Å². The Morgan fingerprint density at radius 3 is 1.86 bits per heavy atom. The van der Waals surface area contributed by atoms with E-state index in [9.17, 15) is 18.3 Å². The van der Waals surface area contributed by atoms with E-state index < -0.39 is 28.1 Å². The number of aliphatic hydroxyl groups excluding tert-OH is 1. The minimum Gasteiger partial charge on any atom is -0.464 e. The predicted octanol–water partition coefficient (Wildman–Crippen LogP) is 6.62. The number of nitrogens with one attached hydrogen (secondary N) is 1. The molecule has 2 aromatic rings. The summed E-state index contributed by atoms with van der Waals surface area (Å²) in [5.74, 6) is -0.782. The number of ether oxygens (including phenoxy) is 1. The molecule has 7 heteroatoms. The molecule has 2 aromatic carbocycles. The van der Waals surface area contributed by atoms with Crippen molar-refractivity contribution in [2.24, 2.45) is 0 Å². The Bertz CT molecular complexity index is 992. The molecule has 6 nitrogen and oxygen atoms in total. The molecule has 0 fully saturated rings. The van der Waals surface area contributed by atoms with E-state index in [1.165, 1.54) is 69.9 Å². The van der Waals surface area contributed by atoms with Crippen LogP contribution in [0.25, 0.3) is 0 Å². The van der Waals surface area contributed by atoms with E-state index in [1.54, 1.807) is 42.5 Å². The highest BCUT2D eigenvalue weighted by Gasteiger charge is 2.34. The predicted molar refractivity (Wildman–Crippen MR) is 149 cm³/mol. The summed E-state index contributed by atoms with van der Waals surface area (Å²) in [4.78, 5) is 12.9. The average Bonchev–Trinajstić information content (AvgIpc) is 2.90. The molecule has 0 heterocycles. The second kappa shape index (κ2) is 17.3. The number of unbranched alkanes of at least 4 members (excludes halogenated alkanes) is 11. The second-order valence-corrected chi connectivity index (χ2v) is 11.5. The Labute approximate surface area is 223 Å². The van der Waals surface area contributed by atoms with Gasteiger partial charge in [0.25, 0.3) is 0 Å². The Morgan fingerprint density at radius 1 is 0.811 bits per heavy atom. The Balaban J connectivity index is 1.81. The quantitative estimate of drug-likeness (QED) is 0.157. The Hall–Kier alpha value is -2.22. The topological polar surface area (TPSA) is 92.7 Å². The number of aliphatic hydroxyl groups is 1. The van der Waals surface area contributed by atoms with Crippen LogP contribution in [0.2, 0.25) is 0 Å². The highest BCUT2D eigenvalue weighted by molar-refractivity contribution is 7.89. The number of aryl methyl sites for hydroxylation is 1. The summed E-state index contributed by atoms with van der Waals surface area (Å²) < 4.78 is 33.7. The summed E-state index contributed by atoms with van der Waals surface area (Å²) in [7, 11) is -4.04. The fourth-order valence-electron chi connectivity index (χ4n) is 4.24. The zero-order valence-corrected chi connectivity index (χ0v) is 23.3. The van der Waals surface area contributed by atoms with Gasteiger partial charge in [-0.15, -0.1) is 0 Å². The number of carbonyl (C=O) groups is 1. The third kappa shape index (κ3) is 11.8. The minimum absolute atomic E-state index is 0.0251. The summed E-state index contributed by atoms with van der Waals surface area (Å²) in [5, 5.41) is 10.9. The largest absolute Gasteiger partial charge is 0.464 e. The number of esters is 1. The molecule has 0 aliphatic heterocycles. The van der Waals surface area contributed by atoms with Crippen LogP contribution in [-0.4, -0.2) is 32.1 Å². The monoisotopic (exact) mass is 531 g/mol. The van der Waals surface area contributed by atoms with Crippen molar-refractivity contribution >= 4 is 16.0 Å². The Morgan fingerprint density at radius 2 is 1.32 bits per heavy atom. The molecule has 2 atom stereocenters. The highest BCUT2D eigenvalue weighted by Crippen LogP contribution is 2.21. The van der Waals surface area contributed by atoms with Crippen molar-refractivity contribution in [3.63, 3.8) is 0 Å². The summed E-state index contributed by atoms with van der Waals surface area (Å²) in [5.41, 5.74) is 1.35. The molecular formula is C30H45NO5S. The molecule has 37 heavy (non-hydrogen) atoms. The van der Waals surface area contributed by atoms with Crippen molar-refractivity contribution in [2.45, 2.75) is 108 Å². The van der Waals surface area contributed by atoms with E-state index in [0.717, 1.165) is 18.4 Å². The third-order valence-corrected chi connectivity index (χ3v) is 8.02. The van der Waals surface area contributed by atoms with E-state index in [-0.39, 0.29) is 11.5 Å². The van der Waals surface area contributed by atoms with Crippen molar-refractivity contribution in [1.82, 2.24) is 4.72 Å². The van der Waals surface area contributed by atoms with Gasteiger partial charge in [0.15, 0.2) is 0 Å². The van der Waals surface area contributed by atoms with Crippen molar-refractivity contribution in [3.05, 3.63) is 65.7 Å². The number of carbonyl (C=O) groups excluding carboxylic acids is 1. The molecule has 0 saturated heterocycles. The number of rotatable bonds is 19. The fourth-order valence-corrected chi connectivity index (χ4v) is 5.43. The van der Waals surface area contributed by atoms with E-state index in [4.69, 9.17) is 4.74 Å². The summed E-state index contributed by atoms with van der Waals surface area (Å²) in [6, 6.07) is 13.4. The molecule has 0 amide bonds. The van der Waals surface area contributed by atoms with Gasteiger partial charge in [-0.1, -0.05) is 126 Å². The average molecular weight is 532 g/mol. The molecule has 0 unspecified atom stereocenters. The van der Waals surface area contributed by atoms with Crippen molar-refractivity contribution in [1.29, 1.82) is 0 Å². The minimum atomic E-state index is -4.04. The summed E-state index contributed by atoms with van der Waals surface area (Å²) >= 11 is 0. The zero-order valence-electron chi connectivity index (χ0n) is 22.5. The number of sulfonamides is 1. The van der Waals surface area contributed by atoms with Crippen molar-refractivity contribution in [2.75, 3.05) is 6.61 Å². The standard InChI is InChI=1S/C30H45NO5S/c1-3-4-5-6-7-8-9-10-11-12-13-17-24-36-30(33)28(29(32)26-18-15-14-16-19-26)31-37(34,35)27-22-20-25(2)21-23-27/h14-16,18-23,28-29,31-32H,3-13,17,24H2,1-2H3/t28-,29+/m1/s1. The van der Waals surface area contributed by atoms with Gasteiger partial charge >= 0.3 is 5.97 Å². The molecule has 0 aliphatic carbocycles. The first-order valence-corrected chi connectivity index (χ1v) is 15.3. The second-order valence-electron chi connectivity index (χ2n) is 9.82. The SMILES string of the molecule is CCCCCCCCCCCCCCOC(=O)[C@H](NS(=O)(=O)c1ccc(C)cc1)[C@@H](O)c1ccccc1. The maximum absolute atomic E-state index is 13.0. The molecule has 2 N–H and O–H groups in total. The van der Waals surface area contributed by atoms with Gasteiger partial charge in [-0.3, -0.25) is 4.79 Å². The summed E-state index contributed by atoms with van der Waals surface area (Å²) in [6.07, 6.45) is 13.0. The van der Waals surface area contributed by atoms with Gasteiger partial charge in [-0.25, -0.2) is 8.42 Å². The molecule has 0 saturated carbocycles. The Kier molecular flexibility index (Phi) is 14.5. The smallest absolute Gasteiger partial charge is 0.327 e. The molecule has 0 radical (unpaired) electrons. The zero-order chi connectivity index (χ0) is 26.9. The first-order chi connectivity index (χ1) is 17.8. The van der Waals surface area contributed by atoms with E-state index in [1.807, 2.05) is 6.92 Å². The molecule has 0 bridgehead atoms. The third-order valence-electron chi connectivity index (χ3n) is 6.57. The van der Waals surface area contributed by atoms with E-state index in [2.05, 4.69) is 11.6 Å². The molecular weight excluding hydrogens is 486 g/mol. The van der Waals surface area contributed by atoms with Gasteiger partial charge in [-0.2, -0.15) is 4.72 Å². The van der Waals surface area contributed by atoms with Crippen LogP contribution in [0, 0.1) is 6.92 Å². The molecule has 0 aromatic heterocycles. The van der Waals surface area contributed by atoms with Crippen LogP contribution < -0.4 is 4.72 Å². The maximum atomic E-state index is 13.0. The lowest BCUT2D eigenvalue weighted by molar-refractivity contribution is -0.148. The normalized spacial score (nSPS) is 13.3. The van der Waals surface area contributed by atoms with Gasteiger partial charge < -0.3 is 9.84 Å². The molecule has 0 spiro atoms. The van der Waals surface area contributed by atoms with Gasteiger partial charge in [0.05, 0.1) is 11.5 Å². The maximum Gasteiger partial charge on any atom is 0.327 e. The van der Waals surface area contributed by atoms with Crippen LogP contribution in [0.4, 0.5) is 0 Å². The van der Waals surface area contributed by atoms with Crippen LogP contribution in [0.1, 0.15) is 101 Å². The van der Waals surface area contributed by atoms with Crippen LogP contribution in [-0.2, 0) is 19.6 Å². The lowest BCUT2D eigenvalue weighted by Crippen LogP contribution is -2.46. The van der Waals surface area contributed by atoms with Gasteiger partial charge in [0.1, 0.15) is 12.1 Å². The van der Waals surface area contributed by atoms with Gasteiger partial charge in [0, 0.05) is 0 Å². The van der Waals surface area contributed by atoms with Crippen LogP contribution in [0.3, 0.4) is 0 Å². The number of hydrogen-bond acceptors (Lipinski definition) is 5.